The SMILES string of the molecule is O=CC(Cc1ccc(F)cc1)SC(=O)C1=CCN2C=CC=CC2=N1. The van der Waals surface area contributed by atoms with Crippen molar-refractivity contribution in [1.29, 1.82) is 0 Å². The fourth-order valence-electron chi connectivity index (χ4n) is 2.37. The van der Waals surface area contributed by atoms with E-state index in [1.165, 1.54) is 12.1 Å². The average Bonchev–Trinajstić information content (AvgIpc) is 2.62. The molecule has 0 saturated heterocycles. The largest absolute Gasteiger partial charge is 0.329 e. The summed E-state index contributed by atoms with van der Waals surface area (Å²) in [5.74, 6) is 0.387. The first kappa shape index (κ1) is 16.4. The number of hydrogen-bond acceptors (Lipinski definition) is 5. The Morgan fingerprint density at radius 1 is 1.33 bits per heavy atom. The maximum atomic E-state index is 12.9. The highest BCUT2D eigenvalue weighted by Gasteiger charge is 2.22. The topological polar surface area (TPSA) is 49.7 Å². The lowest BCUT2D eigenvalue weighted by Crippen LogP contribution is -2.29. The van der Waals surface area contributed by atoms with E-state index in [-0.39, 0.29) is 10.9 Å². The lowest BCUT2D eigenvalue weighted by atomic mass is 10.1. The molecule has 0 N–H and O–H groups in total. The second kappa shape index (κ2) is 7.40. The molecule has 0 amide bonds. The predicted molar refractivity (Wildman–Crippen MR) is 93.1 cm³/mol. The summed E-state index contributed by atoms with van der Waals surface area (Å²) < 4.78 is 12.9. The van der Waals surface area contributed by atoms with Gasteiger partial charge < -0.3 is 9.69 Å². The monoisotopic (exact) mass is 342 g/mol. The van der Waals surface area contributed by atoms with Crippen molar-refractivity contribution in [3.05, 3.63) is 71.8 Å². The molecule has 0 fully saturated rings. The lowest BCUT2D eigenvalue weighted by molar-refractivity contribution is -0.109. The Morgan fingerprint density at radius 2 is 2.12 bits per heavy atom. The highest BCUT2D eigenvalue weighted by atomic mass is 32.2. The van der Waals surface area contributed by atoms with Gasteiger partial charge in [0, 0.05) is 12.7 Å². The van der Waals surface area contributed by atoms with Crippen molar-refractivity contribution in [1.82, 2.24) is 4.90 Å². The first-order chi connectivity index (χ1) is 11.7. The van der Waals surface area contributed by atoms with Gasteiger partial charge in [-0.25, -0.2) is 9.38 Å². The summed E-state index contributed by atoms with van der Waals surface area (Å²) in [6, 6.07) is 5.93. The minimum atomic E-state index is -0.524. The van der Waals surface area contributed by atoms with Gasteiger partial charge in [-0.2, -0.15) is 0 Å². The minimum Gasteiger partial charge on any atom is -0.329 e. The molecule has 1 atom stereocenters. The molecule has 0 radical (unpaired) electrons. The molecule has 0 aromatic heterocycles. The number of fused-ring (bicyclic) bond motifs is 1. The third-order valence-electron chi connectivity index (χ3n) is 3.60. The minimum absolute atomic E-state index is 0.232. The number of benzene rings is 1. The molecule has 6 heteroatoms. The number of halogens is 1. The van der Waals surface area contributed by atoms with Crippen molar-refractivity contribution >= 4 is 29.0 Å². The molecule has 2 aliphatic heterocycles. The van der Waals surface area contributed by atoms with Crippen LogP contribution in [0.15, 0.2) is 65.5 Å². The Hall–Kier alpha value is -2.47. The van der Waals surface area contributed by atoms with E-state index in [4.69, 9.17) is 0 Å². The smallest absolute Gasteiger partial charge is 0.238 e. The normalized spacial score (nSPS) is 17.0. The van der Waals surface area contributed by atoms with Gasteiger partial charge in [0.1, 0.15) is 23.6 Å². The van der Waals surface area contributed by atoms with Crippen LogP contribution in [-0.2, 0) is 16.0 Å². The van der Waals surface area contributed by atoms with E-state index in [1.54, 1.807) is 18.2 Å². The first-order valence-electron chi connectivity index (χ1n) is 7.47. The molecular formula is C18H15FN2O2S. The van der Waals surface area contributed by atoms with Crippen LogP contribution in [0.2, 0.25) is 0 Å². The maximum Gasteiger partial charge on any atom is 0.238 e. The number of aldehydes is 1. The van der Waals surface area contributed by atoms with Crippen molar-refractivity contribution < 1.29 is 14.0 Å². The van der Waals surface area contributed by atoms with E-state index >= 15 is 0 Å². The van der Waals surface area contributed by atoms with Gasteiger partial charge in [0.15, 0.2) is 0 Å². The van der Waals surface area contributed by atoms with Crippen molar-refractivity contribution in [2.24, 2.45) is 4.99 Å². The average molecular weight is 342 g/mol. The Kier molecular flexibility index (Phi) is 5.05. The Morgan fingerprint density at radius 3 is 2.88 bits per heavy atom. The van der Waals surface area contributed by atoms with E-state index < -0.39 is 5.25 Å². The van der Waals surface area contributed by atoms with Crippen molar-refractivity contribution in [2.75, 3.05) is 6.54 Å². The van der Waals surface area contributed by atoms with Gasteiger partial charge in [0.2, 0.25) is 5.12 Å². The third-order valence-corrected chi connectivity index (χ3v) is 4.61. The zero-order valence-electron chi connectivity index (χ0n) is 12.8. The van der Waals surface area contributed by atoms with E-state index in [2.05, 4.69) is 4.99 Å². The van der Waals surface area contributed by atoms with Crippen LogP contribution in [0.4, 0.5) is 4.39 Å². The Labute approximate surface area is 143 Å². The van der Waals surface area contributed by atoms with Crippen molar-refractivity contribution in [3.63, 3.8) is 0 Å². The van der Waals surface area contributed by atoms with Crippen LogP contribution in [-0.4, -0.2) is 33.9 Å². The summed E-state index contributed by atoms with van der Waals surface area (Å²) in [5, 5.41) is -0.756. The predicted octanol–water partition coefficient (Wildman–Crippen LogP) is 2.88. The highest BCUT2D eigenvalue weighted by molar-refractivity contribution is 8.15. The molecule has 0 aliphatic carbocycles. The standard InChI is InChI=1S/C18H15FN2O2S/c19-14-6-4-13(5-7-14)11-15(12-22)24-18(23)16-8-10-21-9-2-1-3-17(21)20-16/h1-9,12,15H,10-11H2. The van der Waals surface area contributed by atoms with E-state index in [0.717, 1.165) is 23.6 Å². The van der Waals surface area contributed by atoms with Gasteiger partial charge in [0.25, 0.3) is 0 Å². The van der Waals surface area contributed by atoms with Crippen LogP contribution in [0.3, 0.4) is 0 Å². The number of hydrogen-bond donors (Lipinski definition) is 0. The zero-order valence-corrected chi connectivity index (χ0v) is 13.6. The number of amidine groups is 1. The molecule has 0 bridgehead atoms. The highest BCUT2D eigenvalue weighted by Crippen LogP contribution is 2.23. The van der Waals surface area contributed by atoms with E-state index in [9.17, 15) is 14.0 Å². The third kappa shape index (κ3) is 3.89. The Balaban J connectivity index is 1.64. The van der Waals surface area contributed by atoms with Gasteiger partial charge in [-0.3, -0.25) is 4.79 Å². The van der Waals surface area contributed by atoms with Crippen molar-refractivity contribution in [3.8, 4) is 0 Å². The molecular weight excluding hydrogens is 327 g/mol. The summed E-state index contributed by atoms with van der Waals surface area (Å²) in [4.78, 5) is 30.0. The van der Waals surface area contributed by atoms with Gasteiger partial charge in [0.05, 0.1) is 5.25 Å². The molecule has 24 heavy (non-hydrogen) atoms. The zero-order chi connectivity index (χ0) is 16.9. The van der Waals surface area contributed by atoms with E-state index in [1.807, 2.05) is 29.3 Å². The summed E-state index contributed by atoms with van der Waals surface area (Å²) in [7, 11) is 0. The fraction of sp³-hybridized carbons (Fsp3) is 0.167. The number of rotatable bonds is 5. The van der Waals surface area contributed by atoms with Crippen LogP contribution >= 0.6 is 11.8 Å². The molecule has 1 aromatic carbocycles. The van der Waals surface area contributed by atoms with Gasteiger partial charge in [-0.1, -0.05) is 30.0 Å². The van der Waals surface area contributed by atoms with Crippen molar-refractivity contribution in [2.45, 2.75) is 11.7 Å². The number of aliphatic imine (C=N–C) groups is 1. The number of carbonyl (C=O) groups excluding carboxylic acids is 2. The fourth-order valence-corrected chi connectivity index (χ4v) is 3.23. The number of thioether (sulfide) groups is 1. The number of nitrogens with zero attached hydrogens (tertiary/aromatic N) is 2. The maximum absolute atomic E-state index is 12.9. The molecule has 0 spiro atoms. The Bertz CT molecular complexity index is 766. The van der Waals surface area contributed by atoms with Crippen LogP contribution in [0.1, 0.15) is 5.56 Å². The lowest BCUT2D eigenvalue weighted by Gasteiger charge is -2.24. The molecule has 2 aliphatic rings. The van der Waals surface area contributed by atoms with Crippen LogP contribution in [0.25, 0.3) is 0 Å². The van der Waals surface area contributed by atoms with Crippen LogP contribution in [0, 0.1) is 5.82 Å². The summed E-state index contributed by atoms with van der Waals surface area (Å²) in [6.07, 6.45) is 10.4. The molecule has 2 heterocycles. The van der Waals surface area contributed by atoms with Crippen LogP contribution < -0.4 is 0 Å². The van der Waals surface area contributed by atoms with Gasteiger partial charge in [-0.15, -0.1) is 0 Å². The van der Waals surface area contributed by atoms with Crippen LogP contribution in [0.5, 0.6) is 0 Å². The van der Waals surface area contributed by atoms with Gasteiger partial charge >= 0.3 is 0 Å². The molecule has 0 saturated carbocycles. The number of carbonyl (C=O) groups is 2. The summed E-state index contributed by atoms with van der Waals surface area (Å²) >= 11 is 0.953. The quantitative estimate of drug-likeness (QED) is 0.772. The first-order valence-corrected chi connectivity index (χ1v) is 8.35. The summed E-state index contributed by atoms with van der Waals surface area (Å²) in [6.45, 7) is 0.574. The molecule has 3 rings (SSSR count). The molecule has 122 valence electrons. The molecule has 4 nitrogen and oxygen atoms in total. The molecule has 1 unspecified atom stereocenters. The molecule has 1 aromatic rings. The van der Waals surface area contributed by atoms with E-state index in [0.29, 0.717) is 24.5 Å². The summed E-state index contributed by atoms with van der Waals surface area (Å²) in [5.41, 5.74) is 1.17. The second-order valence-electron chi connectivity index (χ2n) is 5.32. The van der Waals surface area contributed by atoms with Gasteiger partial charge in [-0.05, 0) is 42.3 Å². The second-order valence-corrected chi connectivity index (χ2v) is 6.53. The number of allylic oxidation sites excluding steroid dienone is 2.